The van der Waals surface area contributed by atoms with E-state index < -0.39 is 11.9 Å². The molecule has 0 atom stereocenters. The van der Waals surface area contributed by atoms with Crippen LogP contribution < -0.4 is 0 Å². The zero-order valence-corrected chi connectivity index (χ0v) is 4.63. The third-order valence-electron chi connectivity index (χ3n) is 0.537. The van der Waals surface area contributed by atoms with Crippen molar-refractivity contribution in [1.29, 1.82) is 0 Å². The predicted molar refractivity (Wildman–Crippen MR) is 38.3 cm³/mol. The summed E-state index contributed by atoms with van der Waals surface area (Å²) in [5.74, 6) is -1.96. The van der Waals surface area contributed by atoms with Gasteiger partial charge in [-0.05, 0) is 0 Å². The Bertz CT molecular complexity index is 99.8. The van der Waals surface area contributed by atoms with Gasteiger partial charge in [0.1, 0.15) is 0 Å². The number of carbonyl (C=O) groups is 2. The molecule has 0 unspecified atom stereocenters. The van der Waals surface area contributed by atoms with Gasteiger partial charge in [0.05, 0.1) is 14.2 Å². The molecule has 0 fully saturated rings. The van der Waals surface area contributed by atoms with E-state index in [4.69, 9.17) is 0 Å². The van der Waals surface area contributed by atoms with E-state index in [-0.39, 0.29) is 59.1 Å². The summed E-state index contributed by atoms with van der Waals surface area (Å²) in [6, 6.07) is 0. The van der Waals surface area contributed by atoms with Crippen molar-refractivity contribution in [3.8, 4) is 0 Å². The summed E-state index contributed by atoms with van der Waals surface area (Å²) < 4.78 is 7.98. The van der Waals surface area contributed by atoms with E-state index >= 15 is 0 Å². The monoisotopic (exact) mass is 166 g/mol. The third kappa shape index (κ3) is 7.05. The number of rotatable bonds is 0. The molecule has 0 aromatic heterocycles. The van der Waals surface area contributed by atoms with Gasteiger partial charge in [-0.2, -0.15) is 0 Å². The topological polar surface area (TPSA) is 52.6 Å². The Kier molecular flexibility index (Phi) is 17.0. The second-order valence-corrected chi connectivity index (χ2v) is 0.983. The van der Waals surface area contributed by atoms with Crippen LogP contribution in [0.1, 0.15) is 0 Å². The summed E-state index contributed by atoms with van der Waals surface area (Å²) in [6.45, 7) is 0. The summed E-state index contributed by atoms with van der Waals surface area (Å²) in [5.41, 5.74) is 0. The van der Waals surface area contributed by atoms with Crippen LogP contribution in [-0.2, 0) is 19.1 Å². The maximum absolute atomic E-state index is 10.0. The van der Waals surface area contributed by atoms with Crippen LogP contribution in [-0.4, -0.2) is 85.3 Å². The summed E-state index contributed by atoms with van der Waals surface area (Å²) in [7, 11) is 2.22. The van der Waals surface area contributed by atoms with Gasteiger partial charge >= 0.3 is 71.1 Å². The second kappa shape index (κ2) is 9.94. The minimum absolute atomic E-state index is 0. The van der Waals surface area contributed by atoms with Gasteiger partial charge in [0.25, 0.3) is 0 Å². The number of hydrogen-bond acceptors (Lipinski definition) is 4. The fraction of sp³-hybridized carbons (Fsp3) is 0.500. The molecular formula is C4H8Na2O4. The van der Waals surface area contributed by atoms with Crippen molar-refractivity contribution in [3.63, 3.8) is 0 Å². The van der Waals surface area contributed by atoms with Gasteiger partial charge in [-0.1, -0.05) is 0 Å². The first-order valence-corrected chi connectivity index (χ1v) is 1.88. The third-order valence-corrected chi connectivity index (χ3v) is 0.537. The van der Waals surface area contributed by atoms with Gasteiger partial charge in [0.2, 0.25) is 0 Å². The molecule has 0 spiro atoms. The molecule has 4 nitrogen and oxygen atoms in total. The summed E-state index contributed by atoms with van der Waals surface area (Å²) in [5, 5.41) is 0. The van der Waals surface area contributed by atoms with E-state index in [1.54, 1.807) is 0 Å². The molecule has 0 rings (SSSR count). The van der Waals surface area contributed by atoms with Crippen molar-refractivity contribution in [2.24, 2.45) is 0 Å². The Balaban J connectivity index is -0.000000245. The van der Waals surface area contributed by atoms with Gasteiger partial charge < -0.3 is 9.47 Å². The Morgan fingerprint density at radius 3 is 1.20 bits per heavy atom. The Hall–Kier alpha value is 0.940. The van der Waals surface area contributed by atoms with E-state index in [2.05, 4.69) is 9.47 Å². The molecule has 0 saturated carbocycles. The van der Waals surface area contributed by atoms with Crippen LogP contribution in [0, 0.1) is 0 Å². The molecule has 0 aliphatic rings. The number of methoxy groups -OCH3 is 2. The van der Waals surface area contributed by atoms with Crippen LogP contribution in [0.25, 0.3) is 0 Å². The average Bonchev–Trinajstić information content (AvgIpc) is 1.84. The quantitative estimate of drug-likeness (QED) is 0.238. The van der Waals surface area contributed by atoms with Crippen LogP contribution in [0.15, 0.2) is 0 Å². The summed E-state index contributed by atoms with van der Waals surface area (Å²) >= 11 is 0. The molecule has 0 saturated heterocycles. The van der Waals surface area contributed by atoms with E-state index in [1.807, 2.05) is 0 Å². The second-order valence-electron chi connectivity index (χ2n) is 0.983. The van der Waals surface area contributed by atoms with Gasteiger partial charge in [-0.25, -0.2) is 9.59 Å². The number of hydrogen-bond donors (Lipinski definition) is 0. The molecule has 0 aliphatic heterocycles. The van der Waals surface area contributed by atoms with Crippen molar-refractivity contribution >= 4 is 71.1 Å². The Morgan fingerprint density at radius 1 is 0.900 bits per heavy atom. The molecule has 0 aromatic carbocycles. The number of carbonyl (C=O) groups excluding carboxylic acids is 2. The SMILES string of the molecule is COC(=O)C(=O)OC.[NaH].[NaH]. The van der Waals surface area contributed by atoms with Crippen molar-refractivity contribution in [2.45, 2.75) is 0 Å². The van der Waals surface area contributed by atoms with Crippen molar-refractivity contribution < 1.29 is 19.1 Å². The standard InChI is InChI=1S/C4H6O4.2Na.2H/c1-7-3(5)4(6)8-2;;;;/h1-2H3;;;;. The van der Waals surface area contributed by atoms with Crippen molar-refractivity contribution in [3.05, 3.63) is 0 Å². The zero-order chi connectivity index (χ0) is 6.57. The van der Waals surface area contributed by atoms with Crippen LogP contribution >= 0.6 is 0 Å². The molecule has 0 aromatic rings. The average molecular weight is 166 g/mol. The molecule has 50 valence electrons. The first-order valence-electron chi connectivity index (χ1n) is 1.88. The normalized spacial score (nSPS) is 6.20. The van der Waals surface area contributed by atoms with Gasteiger partial charge in [-0.15, -0.1) is 0 Å². The van der Waals surface area contributed by atoms with E-state index in [0.29, 0.717) is 0 Å². The molecule has 10 heavy (non-hydrogen) atoms. The molecule has 0 amide bonds. The predicted octanol–water partition coefficient (Wildman–Crippen LogP) is -1.96. The summed E-state index contributed by atoms with van der Waals surface area (Å²) in [4.78, 5) is 20.1. The van der Waals surface area contributed by atoms with E-state index in [1.165, 1.54) is 0 Å². The minimum atomic E-state index is -0.979. The molecule has 0 aliphatic carbocycles. The first-order chi connectivity index (χ1) is 3.72. The van der Waals surface area contributed by atoms with Gasteiger partial charge in [-0.3, -0.25) is 0 Å². The zero-order valence-electron chi connectivity index (χ0n) is 4.63. The molecule has 0 radical (unpaired) electrons. The Labute approximate surface area is 103 Å². The van der Waals surface area contributed by atoms with Crippen LogP contribution in [0.3, 0.4) is 0 Å². The fourth-order valence-corrected chi connectivity index (χ4v) is 0.167. The first kappa shape index (κ1) is 17.1. The molecule has 0 N–H and O–H groups in total. The van der Waals surface area contributed by atoms with Crippen molar-refractivity contribution in [2.75, 3.05) is 14.2 Å². The maximum atomic E-state index is 10.0. The number of ether oxygens (including phenoxy) is 2. The molecular weight excluding hydrogens is 158 g/mol. The van der Waals surface area contributed by atoms with E-state index in [9.17, 15) is 9.59 Å². The molecule has 0 bridgehead atoms. The van der Waals surface area contributed by atoms with E-state index in [0.717, 1.165) is 14.2 Å². The van der Waals surface area contributed by atoms with Crippen molar-refractivity contribution in [1.82, 2.24) is 0 Å². The fourth-order valence-electron chi connectivity index (χ4n) is 0.167. The number of esters is 2. The molecule has 6 heteroatoms. The van der Waals surface area contributed by atoms with Crippen LogP contribution in [0.5, 0.6) is 0 Å². The Morgan fingerprint density at radius 2 is 1.10 bits per heavy atom. The van der Waals surface area contributed by atoms with Crippen LogP contribution in [0.4, 0.5) is 0 Å². The molecule has 0 heterocycles. The van der Waals surface area contributed by atoms with Gasteiger partial charge in [0.15, 0.2) is 0 Å². The van der Waals surface area contributed by atoms with Gasteiger partial charge in [0, 0.05) is 0 Å². The van der Waals surface area contributed by atoms with Crippen LogP contribution in [0.2, 0.25) is 0 Å². The summed E-state index contributed by atoms with van der Waals surface area (Å²) in [6.07, 6.45) is 0.